The van der Waals surface area contributed by atoms with Gasteiger partial charge in [-0.2, -0.15) is 0 Å². The van der Waals surface area contributed by atoms with Crippen molar-refractivity contribution in [1.82, 2.24) is 10.2 Å². The van der Waals surface area contributed by atoms with Crippen LogP contribution < -0.4 is 16.8 Å². The average molecular weight is 407 g/mol. The summed E-state index contributed by atoms with van der Waals surface area (Å²) < 4.78 is 0. The third-order valence-electron chi connectivity index (χ3n) is 5.87. The van der Waals surface area contributed by atoms with Crippen molar-refractivity contribution in [3.05, 3.63) is 60.2 Å². The zero-order valence-corrected chi connectivity index (χ0v) is 18.3. The summed E-state index contributed by atoms with van der Waals surface area (Å²) >= 11 is 0. The molecule has 0 saturated heterocycles. The molecule has 0 aliphatic heterocycles. The summed E-state index contributed by atoms with van der Waals surface area (Å²) in [5, 5.41) is 9.06. The minimum atomic E-state index is 0.770. The van der Waals surface area contributed by atoms with Gasteiger partial charge in [-0.15, -0.1) is 0 Å². The molecule has 3 aromatic rings. The lowest BCUT2D eigenvalue weighted by molar-refractivity contribution is 0.263. The van der Waals surface area contributed by atoms with Crippen LogP contribution in [0.15, 0.2) is 54.6 Å². The van der Waals surface area contributed by atoms with E-state index in [2.05, 4.69) is 64.8 Å². The van der Waals surface area contributed by atoms with E-state index in [1.807, 2.05) is 0 Å². The highest BCUT2D eigenvalue weighted by molar-refractivity contribution is 6.02. The third-order valence-corrected chi connectivity index (χ3v) is 5.87. The quantitative estimate of drug-likeness (QED) is 0.276. The molecule has 0 radical (unpaired) electrons. The molecule has 0 atom stereocenters. The summed E-state index contributed by atoms with van der Waals surface area (Å²) in [4.78, 5) is 2.52. The van der Waals surface area contributed by atoms with E-state index in [9.17, 15) is 0 Å². The molecule has 0 bridgehead atoms. The van der Waals surface area contributed by atoms with Crippen molar-refractivity contribution in [1.29, 1.82) is 0 Å². The molecule has 0 aromatic heterocycles. The van der Waals surface area contributed by atoms with Gasteiger partial charge in [-0.1, -0.05) is 55.0 Å². The van der Waals surface area contributed by atoms with E-state index in [0.29, 0.717) is 0 Å². The Labute approximate surface area is 181 Å². The first kappa shape index (κ1) is 22.7. The van der Waals surface area contributed by atoms with Crippen LogP contribution in [0.1, 0.15) is 37.7 Å². The van der Waals surface area contributed by atoms with Gasteiger partial charge in [0.15, 0.2) is 0 Å². The number of benzene rings is 3. The zero-order valence-electron chi connectivity index (χ0n) is 18.3. The second-order valence-electron chi connectivity index (χ2n) is 8.16. The van der Waals surface area contributed by atoms with Gasteiger partial charge in [0.1, 0.15) is 0 Å². The molecule has 0 spiro atoms. The Bertz CT molecular complexity index is 830. The van der Waals surface area contributed by atoms with Crippen molar-refractivity contribution in [2.45, 2.75) is 38.6 Å². The van der Waals surface area contributed by atoms with Crippen LogP contribution in [0.3, 0.4) is 0 Å². The Morgan fingerprint density at radius 3 is 1.83 bits per heavy atom. The molecule has 4 nitrogen and oxygen atoms in total. The van der Waals surface area contributed by atoms with E-state index in [0.717, 1.165) is 58.7 Å². The number of hydrogen-bond acceptors (Lipinski definition) is 4. The Hall–Kier alpha value is -1.98. The molecule has 4 heteroatoms. The SMILES string of the molecule is NCCCN(CCCN)CCCCCNCc1c2ccccc2cc2ccccc12. The largest absolute Gasteiger partial charge is 0.330 e. The minimum absolute atomic E-state index is 0.770. The number of hydrogen-bond donors (Lipinski definition) is 3. The number of fused-ring (bicyclic) bond motifs is 2. The summed E-state index contributed by atoms with van der Waals surface area (Å²) in [7, 11) is 0. The van der Waals surface area contributed by atoms with Crippen LogP contribution in [0.2, 0.25) is 0 Å². The third kappa shape index (κ3) is 6.51. The van der Waals surface area contributed by atoms with Crippen LogP contribution in [0.25, 0.3) is 21.5 Å². The average Bonchev–Trinajstić information content (AvgIpc) is 2.79. The van der Waals surface area contributed by atoms with Crippen molar-refractivity contribution >= 4 is 21.5 Å². The van der Waals surface area contributed by atoms with Crippen molar-refractivity contribution in [2.24, 2.45) is 11.5 Å². The van der Waals surface area contributed by atoms with Crippen molar-refractivity contribution in [3.8, 4) is 0 Å². The Kier molecular flexibility index (Phi) is 9.58. The molecule has 30 heavy (non-hydrogen) atoms. The highest BCUT2D eigenvalue weighted by atomic mass is 15.1. The monoisotopic (exact) mass is 406 g/mol. The van der Waals surface area contributed by atoms with Crippen molar-refractivity contribution < 1.29 is 0 Å². The summed E-state index contributed by atoms with van der Waals surface area (Å²) in [6.07, 6.45) is 5.86. The van der Waals surface area contributed by atoms with Crippen LogP contribution in [-0.4, -0.2) is 44.2 Å². The van der Waals surface area contributed by atoms with Gasteiger partial charge >= 0.3 is 0 Å². The predicted molar refractivity (Wildman–Crippen MR) is 131 cm³/mol. The number of unbranched alkanes of at least 4 members (excludes halogenated alkanes) is 2. The highest BCUT2D eigenvalue weighted by Crippen LogP contribution is 2.28. The standard InChI is InChI=1S/C26H38N4/c27-14-8-18-30(19-9-15-28)17-7-1-6-16-29-21-26-24-12-4-2-10-22(24)20-23-11-3-5-13-25(23)26/h2-5,10-13,20,29H,1,6-9,14-19,21,27-28H2. The van der Waals surface area contributed by atoms with Crippen LogP contribution in [0, 0.1) is 0 Å². The van der Waals surface area contributed by atoms with E-state index < -0.39 is 0 Å². The maximum atomic E-state index is 5.67. The maximum Gasteiger partial charge on any atom is 0.0217 e. The summed E-state index contributed by atoms with van der Waals surface area (Å²) in [5.74, 6) is 0. The Balaban J connectivity index is 1.47. The first-order chi connectivity index (χ1) is 14.8. The highest BCUT2D eigenvalue weighted by Gasteiger charge is 2.07. The van der Waals surface area contributed by atoms with Crippen LogP contribution in [0.5, 0.6) is 0 Å². The lowest BCUT2D eigenvalue weighted by Gasteiger charge is -2.21. The molecule has 0 saturated carbocycles. The number of nitrogens with two attached hydrogens (primary N) is 2. The molecule has 0 fully saturated rings. The van der Waals surface area contributed by atoms with Crippen LogP contribution in [0.4, 0.5) is 0 Å². The van der Waals surface area contributed by atoms with E-state index in [-0.39, 0.29) is 0 Å². The van der Waals surface area contributed by atoms with Gasteiger partial charge in [-0.3, -0.25) is 0 Å². The predicted octanol–water partition coefficient (Wildman–Crippen LogP) is 4.25. The lowest BCUT2D eigenvalue weighted by atomic mass is 9.97. The van der Waals surface area contributed by atoms with Gasteiger partial charge in [-0.25, -0.2) is 0 Å². The lowest BCUT2D eigenvalue weighted by Crippen LogP contribution is -2.30. The smallest absolute Gasteiger partial charge is 0.0217 e. The van der Waals surface area contributed by atoms with E-state index in [4.69, 9.17) is 11.5 Å². The number of nitrogens with one attached hydrogen (secondary N) is 1. The molecular formula is C26H38N4. The molecule has 5 N–H and O–H groups in total. The topological polar surface area (TPSA) is 67.3 Å². The zero-order chi connectivity index (χ0) is 21.0. The molecule has 0 aliphatic carbocycles. The molecule has 3 aromatic carbocycles. The second-order valence-corrected chi connectivity index (χ2v) is 8.16. The van der Waals surface area contributed by atoms with Crippen LogP contribution >= 0.6 is 0 Å². The minimum Gasteiger partial charge on any atom is -0.330 e. The first-order valence-electron chi connectivity index (χ1n) is 11.6. The van der Waals surface area contributed by atoms with E-state index >= 15 is 0 Å². The van der Waals surface area contributed by atoms with Crippen molar-refractivity contribution in [2.75, 3.05) is 39.3 Å². The second kappa shape index (κ2) is 12.7. The molecule has 0 aliphatic rings. The van der Waals surface area contributed by atoms with Gasteiger partial charge in [-0.05, 0) is 98.1 Å². The van der Waals surface area contributed by atoms with Crippen molar-refractivity contribution in [3.63, 3.8) is 0 Å². The Morgan fingerprint density at radius 2 is 1.23 bits per heavy atom. The summed E-state index contributed by atoms with van der Waals surface area (Å²) in [6, 6.07) is 19.8. The molecule has 0 unspecified atom stereocenters. The normalized spacial score (nSPS) is 11.7. The molecular weight excluding hydrogens is 368 g/mol. The molecule has 162 valence electrons. The van der Waals surface area contributed by atoms with E-state index in [1.54, 1.807) is 0 Å². The van der Waals surface area contributed by atoms with Gasteiger partial charge < -0.3 is 21.7 Å². The Morgan fingerprint density at radius 1 is 0.667 bits per heavy atom. The number of nitrogens with zero attached hydrogens (tertiary/aromatic N) is 1. The molecule has 0 amide bonds. The van der Waals surface area contributed by atoms with Crippen LogP contribution in [-0.2, 0) is 6.54 Å². The fraction of sp³-hybridized carbons (Fsp3) is 0.462. The fourth-order valence-electron chi connectivity index (χ4n) is 4.24. The molecule has 3 rings (SSSR count). The fourth-order valence-corrected chi connectivity index (χ4v) is 4.24. The first-order valence-corrected chi connectivity index (χ1v) is 11.6. The van der Waals surface area contributed by atoms with Gasteiger partial charge in [0.25, 0.3) is 0 Å². The molecule has 0 heterocycles. The van der Waals surface area contributed by atoms with Gasteiger partial charge in [0.05, 0.1) is 0 Å². The number of rotatable bonds is 14. The van der Waals surface area contributed by atoms with Gasteiger partial charge in [0.2, 0.25) is 0 Å². The summed E-state index contributed by atoms with van der Waals surface area (Å²) in [5.41, 5.74) is 12.8. The maximum absolute atomic E-state index is 5.67. The van der Waals surface area contributed by atoms with Gasteiger partial charge in [0, 0.05) is 6.54 Å². The van der Waals surface area contributed by atoms with E-state index in [1.165, 1.54) is 46.4 Å². The summed E-state index contributed by atoms with van der Waals surface area (Å²) in [6.45, 7) is 6.88.